The standard InChI is InChI=1S/C10H11F2NO2/c1-6-3-2-4-7(10(14)15)9(6)13-5-8(11)12/h2-4,8,13H,5H2,1H3,(H,14,15). The topological polar surface area (TPSA) is 49.3 Å². The van der Waals surface area contributed by atoms with Crippen LogP contribution in [-0.2, 0) is 0 Å². The Hall–Kier alpha value is -1.65. The van der Waals surface area contributed by atoms with E-state index < -0.39 is 18.9 Å². The molecule has 0 saturated carbocycles. The molecule has 0 spiro atoms. The molecule has 0 fully saturated rings. The summed E-state index contributed by atoms with van der Waals surface area (Å²) in [4.78, 5) is 10.8. The lowest BCUT2D eigenvalue weighted by atomic mass is 10.1. The van der Waals surface area contributed by atoms with E-state index in [1.807, 2.05) is 0 Å². The molecule has 0 aromatic heterocycles. The number of nitrogens with one attached hydrogen (secondary N) is 1. The molecule has 3 nitrogen and oxygen atoms in total. The molecule has 0 saturated heterocycles. The summed E-state index contributed by atoms with van der Waals surface area (Å²) < 4.78 is 24.0. The lowest BCUT2D eigenvalue weighted by Gasteiger charge is -2.11. The summed E-state index contributed by atoms with van der Waals surface area (Å²) >= 11 is 0. The summed E-state index contributed by atoms with van der Waals surface area (Å²) in [7, 11) is 0. The Morgan fingerprint density at radius 2 is 2.20 bits per heavy atom. The highest BCUT2D eigenvalue weighted by Gasteiger charge is 2.12. The second-order valence-corrected chi connectivity index (χ2v) is 3.07. The lowest BCUT2D eigenvalue weighted by molar-refractivity contribution is 0.0697. The van der Waals surface area contributed by atoms with Gasteiger partial charge in [-0.05, 0) is 18.6 Å². The van der Waals surface area contributed by atoms with Gasteiger partial charge < -0.3 is 10.4 Å². The summed E-state index contributed by atoms with van der Waals surface area (Å²) in [5, 5.41) is 11.3. The molecule has 0 aliphatic rings. The van der Waals surface area contributed by atoms with Gasteiger partial charge in [-0.2, -0.15) is 0 Å². The number of benzene rings is 1. The number of aryl methyl sites for hydroxylation is 1. The number of para-hydroxylation sites is 1. The fourth-order valence-corrected chi connectivity index (χ4v) is 1.26. The third-order valence-corrected chi connectivity index (χ3v) is 1.94. The van der Waals surface area contributed by atoms with Crippen LogP contribution in [0.15, 0.2) is 18.2 Å². The van der Waals surface area contributed by atoms with Gasteiger partial charge in [0.25, 0.3) is 6.43 Å². The number of carboxylic acids is 1. The average molecular weight is 215 g/mol. The van der Waals surface area contributed by atoms with Gasteiger partial charge in [0.15, 0.2) is 0 Å². The van der Waals surface area contributed by atoms with E-state index >= 15 is 0 Å². The molecule has 0 aliphatic carbocycles. The summed E-state index contributed by atoms with van der Waals surface area (Å²) in [6.07, 6.45) is -2.51. The minimum absolute atomic E-state index is 0.00986. The van der Waals surface area contributed by atoms with Crippen LogP contribution in [0.4, 0.5) is 14.5 Å². The van der Waals surface area contributed by atoms with Crippen LogP contribution in [0.1, 0.15) is 15.9 Å². The molecular formula is C10H11F2NO2. The SMILES string of the molecule is Cc1cccc(C(=O)O)c1NCC(F)F. The molecule has 5 heteroatoms. The first-order valence-electron chi connectivity index (χ1n) is 4.37. The van der Waals surface area contributed by atoms with Crippen LogP contribution in [0.5, 0.6) is 0 Å². The number of hydrogen-bond donors (Lipinski definition) is 2. The van der Waals surface area contributed by atoms with Gasteiger partial charge in [0.1, 0.15) is 0 Å². The van der Waals surface area contributed by atoms with E-state index in [0.29, 0.717) is 5.56 Å². The number of aromatic carboxylic acids is 1. The van der Waals surface area contributed by atoms with Crippen molar-refractivity contribution in [1.82, 2.24) is 0 Å². The molecule has 0 aliphatic heterocycles. The molecule has 0 unspecified atom stereocenters. The van der Waals surface area contributed by atoms with Crippen LogP contribution >= 0.6 is 0 Å². The number of rotatable bonds is 4. The Labute approximate surface area is 85.7 Å². The highest BCUT2D eigenvalue weighted by Crippen LogP contribution is 2.20. The van der Waals surface area contributed by atoms with Crippen LogP contribution in [0.25, 0.3) is 0 Å². The fourth-order valence-electron chi connectivity index (χ4n) is 1.26. The molecule has 0 radical (unpaired) electrons. The van der Waals surface area contributed by atoms with E-state index in [-0.39, 0.29) is 11.3 Å². The van der Waals surface area contributed by atoms with Crippen molar-refractivity contribution in [3.05, 3.63) is 29.3 Å². The van der Waals surface area contributed by atoms with E-state index in [0.717, 1.165) is 0 Å². The maximum atomic E-state index is 12.0. The minimum Gasteiger partial charge on any atom is -0.478 e. The van der Waals surface area contributed by atoms with Gasteiger partial charge >= 0.3 is 5.97 Å². The lowest BCUT2D eigenvalue weighted by Crippen LogP contribution is -2.14. The van der Waals surface area contributed by atoms with Gasteiger partial charge in [-0.1, -0.05) is 12.1 Å². The van der Waals surface area contributed by atoms with Crippen molar-refractivity contribution >= 4 is 11.7 Å². The molecule has 0 bridgehead atoms. The van der Waals surface area contributed by atoms with E-state index in [2.05, 4.69) is 5.32 Å². The largest absolute Gasteiger partial charge is 0.478 e. The van der Waals surface area contributed by atoms with Crippen molar-refractivity contribution in [2.75, 3.05) is 11.9 Å². The number of halogens is 2. The van der Waals surface area contributed by atoms with Crippen LogP contribution in [0.3, 0.4) is 0 Å². The molecule has 82 valence electrons. The number of alkyl halides is 2. The number of carboxylic acid groups (broad SMARTS) is 1. The number of hydrogen-bond acceptors (Lipinski definition) is 2. The molecular weight excluding hydrogens is 204 g/mol. The maximum absolute atomic E-state index is 12.0. The highest BCUT2D eigenvalue weighted by atomic mass is 19.3. The average Bonchev–Trinajstić information content (AvgIpc) is 2.15. The molecule has 0 amide bonds. The third-order valence-electron chi connectivity index (χ3n) is 1.94. The Kier molecular flexibility index (Phi) is 3.60. The molecule has 1 rings (SSSR count). The molecule has 15 heavy (non-hydrogen) atoms. The molecule has 2 N–H and O–H groups in total. The Morgan fingerprint density at radius 3 is 2.73 bits per heavy atom. The van der Waals surface area contributed by atoms with E-state index in [9.17, 15) is 13.6 Å². The molecule has 0 heterocycles. The van der Waals surface area contributed by atoms with E-state index in [4.69, 9.17) is 5.11 Å². The first-order chi connectivity index (χ1) is 7.02. The predicted molar refractivity (Wildman–Crippen MR) is 52.6 cm³/mol. The molecule has 0 atom stereocenters. The zero-order chi connectivity index (χ0) is 11.4. The van der Waals surface area contributed by atoms with Crippen molar-refractivity contribution in [2.24, 2.45) is 0 Å². The van der Waals surface area contributed by atoms with Crippen molar-refractivity contribution in [3.63, 3.8) is 0 Å². The van der Waals surface area contributed by atoms with Gasteiger partial charge in [0.05, 0.1) is 17.8 Å². The van der Waals surface area contributed by atoms with Gasteiger partial charge in [-0.25, -0.2) is 13.6 Å². The van der Waals surface area contributed by atoms with Crippen LogP contribution in [-0.4, -0.2) is 24.0 Å². The van der Waals surface area contributed by atoms with Crippen LogP contribution < -0.4 is 5.32 Å². The van der Waals surface area contributed by atoms with Crippen LogP contribution in [0.2, 0.25) is 0 Å². The van der Waals surface area contributed by atoms with Crippen LogP contribution in [0, 0.1) is 6.92 Å². The number of carbonyl (C=O) groups is 1. The Bertz CT molecular complexity index is 366. The molecule has 1 aromatic rings. The van der Waals surface area contributed by atoms with Gasteiger partial charge in [0.2, 0.25) is 0 Å². The van der Waals surface area contributed by atoms with Gasteiger partial charge in [-0.3, -0.25) is 0 Å². The smallest absolute Gasteiger partial charge is 0.337 e. The zero-order valence-corrected chi connectivity index (χ0v) is 8.13. The van der Waals surface area contributed by atoms with Crippen molar-refractivity contribution in [1.29, 1.82) is 0 Å². The summed E-state index contributed by atoms with van der Waals surface area (Å²) in [6.45, 7) is 1.12. The normalized spacial score (nSPS) is 10.4. The van der Waals surface area contributed by atoms with E-state index in [1.54, 1.807) is 19.1 Å². The first-order valence-corrected chi connectivity index (χ1v) is 4.37. The zero-order valence-electron chi connectivity index (χ0n) is 8.13. The first kappa shape index (κ1) is 11.4. The quantitative estimate of drug-likeness (QED) is 0.810. The number of anilines is 1. The third kappa shape index (κ3) is 2.90. The summed E-state index contributed by atoms with van der Waals surface area (Å²) in [6, 6.07) is 4.62. The van der Waals surface area contributed by atoms with Crippen molar-refractivity contribution in [2.45, 2.75) is 13.3 Å². The van der Waals surface area contributed by atoms with Gasteiger partial charge in [-0.15, -0.1) is 0 Å². The Morgan fingerprint density at radius 1 is 1.53 bits per heavy atom. The predicted octanol–water partition coefficient (Wildman–Crippen LogP) is 2.37. The Balaban J connectivity index is 2.97. The highest BCUT2D eigenvalue weighted by molar-refractivity contribution is 5.95. The fraction of sp³-hybridized carbons (Fsp3) is 0.300. The van der Waals surface area contributed by atoms with E-state index in [1.165, 1.54) is 6.07 Å². The van der Waals surface area contributed by atoms with Crippen molar-refractivity contribution < 1.29 is 18.7 Å². The summed E-state index contributed by atoms with van der Waals surface area (Å²) in [5.74, 6) is -1.13. The monoisotopic (exact) mass is 215 g/mol. The second-order valence-electron chi connectivity index (χ2n) is 3.07. The second kappa shape index (κ2) is 4.72. The van der Waals surface area contributed by atoms with Gasteiger partial charge in [0, 0.05) is 0 Å². The minimum atomic E-state index is -2.51. The summed E-state index contributed by atoms with van der Waals surface area (Å²) in [5.41, 5.74) is 0.900. The maximum Gasteiger partial charge on any atom is 0.337 e. The molecule has 1 aromatic carbocycles. The van der Waals surface area contributed by atoms with Crippen molar-refractivity contribution in [3.8, 4) is 0 Å².